The van der Waals surface area contributed by atoms with E-state index in [0.717, 1.165) is 16.8 Å². The molecule has 0 aliphatic carbocycles. The Morgan fingerprint density at radius 1 is 1.21 bits per heavy atom. The minimum absolute atomic E-state index is 0.0525. The fourth-order valence-electron chi connectivity index (χ4n) is 4.25. The summed E-state index contributed by atoms with van der Waals surface area (Å²) in [6.45, 7) is 0.870. The maximum Gasteiger partial charge on any atom is 0.196 e. The van der Waals surface area contributed by atoms with E-state index in [2.05, 4.69) is 16.0 Å². The first-order chi connectivity index (χ1) is 16.5. The number of ether oxygens (including phenoxy) is 1. The molecule has 1 aromatic carbocycles. The molecule has 172 valence electrons. The number of hydrogen-bond donors (Lipinski definition) is 2. The van der Waals surface area contributed by atoms with E-state index in [0.29, 0.717) is 46.7 Å². The molecule has 8 nitrogen and oxygen atoms in total. The number of benzene rings is 1. The SMILES string of the molecule is COc1cc(C(O)O)ncc1-c1cc2nccc(-c3ccc(N4CCC(F)C4)c(C#N)c3)c2o1. The van der Waals surface area contributed by atoms with Crippen molar-refractivity contribution in [2.75, 3.05) is 25.1 Å². The molecule has 9 heteroatoms. The van der Waals surface area contributed by atoms with Crippen LogP contribution in [-0.2, 0) is 0 Å². The molecule has 1 unspecified atom stereocenters. The maximum absolute atomic E-state index is 13.7. The van der Waals surface area contributed by atoms with Crippen LogP contribution in [0.3, 0.4) is 0 Å². The molecule has 1 saturated heterocycles. The highest BCUT2D eigenvalue weighted by Gasteiger charge is 2.24. The highest BCUT2D eigenvalue weighted by molar-refractivity contribution is 5.93. The summed E-state index contributed by atoms with van der Waals surface area (Å²) in [6, 6.07) is 12.7. The van der Waals surface area contributed by atoms with E-state index in [-0.39, 0.29) is 12.2 Å². The molecule has 0 radical (unpaired) electrons. The van der Waals surface area contributed by atoms with Crippen molar-refractivity contribution < 1.29 is 23.8 Å². The molecule has 1 aliphatic heterocycles. The zero-order valence-corrected chi connectivity index (χ0v) is 18.3. The first-order valence-electron chi connectivity index (χ1n) is 10.7. The van der Waals surface area contributed by atoms with Crippen LogP contribution in [0.25, 0.3) is 33.6 Å². The summed E-state index contributed by atoms with van der Waals surface area (Å²) in [5.74, 6) is 0.813. The number of aliphatic hydroxyl groups is 2. The molecule has 3 aromatic heterocycles. The summed E-state index contributed by atoms with van der Waals surface area (Å²) < 4.78 is 25.2. The molecule has 0 amide bonds. The summed E-state index contributed by atoms with van der Waals surface area (Å²) >= 11 is 0. The van der Waals surface area contributed by atoms with Crippen LogP contribution < -0.4 is 9.64 Å². The molecule has 0 bridgehead atoms. The highest BCUT2D eigenvalue weighted by atomic mass is 19.1. The third-order valence-electron chi connectivity index (χ3n) is 5.95. The second-order valence-electron chi connectivity index (χ2n) is 8.04. The molecule has 1 fully saturated rings. The summed E-state index contributed by atoms with van der Waals surface area (Å²) in [4.78, 5) is 10.4. The summed E-state index contributed by atoms with van der Waals surface area (Å²) in [5.41, 5.74) is 4.41. The zero-order chi connectivity index (χ0) is 23.8. The number of aliphatic hydroxyl groups excluding tert-OH is 1. The van der Waals surface area contributed by atoms with Crippen molar-refractivity contribution >= 4 is 16.8 Å². The number of anilines is 1. The minimum atomic E-state index is -1.72. The first-order valence-corrected chi connectivity index (χ1v) is 10.7. The Balaban J connectivity index is 1.57. The number of halogens is 1. The Labute approximate surface area is 194 Å². The number of aromatic nitrogens is 2. The van der Waals surface area contributed by atoms with Gasteiger partial charge in [-0.25, -0.2) is 4.39 Å². The molecule has 5 rings (SSSR count). The van der Waals surface area contributed by atoms with E-state index in [1.807, 2.05) is 17.0 Å². The predicted octanol–water partition coefficient (Wildman–Crippen LogP) is 3.97. The van der Waals surface area contributed by atoms with Crippen molar-refractivity contribution in [3.05, 3.63) is 60.0 Å². The molecule has 1 atom stereocenters. The highest BCUT2D eigenvalue weighted by Crippen LogP contribution is 2.38. The van der Waals surface area contributed by atoms with Crippen LogP contribution in [0.4, 0.5) is 10.1 Å². The van der Waals surface area contributed by atoms with Gasteiger partial charge in [0.15, 0.2) is 11.9 Å². The summed E-state index contributed by atoms with van der Waals surface area (Å²) in [6.07, 6.45) is 0.964. The molecular weight excluding hydrogens is 439 g/mol. The number of furan rings is 1. The number of alkyl halides is 1. The molecule has 0 spiro atoms. The second kappa shape index (κ2) is 8.74. The molecule has 2 N–H and O–H groups in total. The van der Waals surface area contributed by atoms with E-state index in [4.69, 9.17) is 9.15 Å². The van der Waals surface area contributed by atoms with Crippen LogP contribution in [0.5, 0.6) is 5.75 Å². The normalized spacial score (nSPS) is 15.8. The van der Waals surface area contributed by atoms with Crippen molar-refractivity contribution in [1.82, 2.24) is 9.97 Å². The number of rotatable bonds is 5. The van der Waals surface area contributed by atoms with E-state index in [1.165, 1.54) is 19.4 Å². The van der Waals surface area contributed by atoms with Gasteiger partial charge in [-0.2, -0.15) is 5.26 Å². The Morgan fingerprint density at radius 3 is 2.76 bits per heavy atom. The smallest absolute Gasteiger partial charge is 0.196 e. The van der Waals surface area contributed by atoms with Crippen LogP contribution in [0.2, 0.25) is 0 Å². The molecule has 34 heavy (non-hydrogen) atoms. The van der Waals surface area contributed by atoms with Gasteiger partial charge in [0.05, 0.1) is 29.6 Å². The number of nitrogens with zero attached hydrogens (tertiary/aromatic N) is 4. The lowest BCUT2D eigenvalue weighted by Crippen LogP contribution is -2.20. The maximum atomic E-state index is 13.7. The van der Waals surface area contributed by atoms with Gasteiger partial charge in [-0.15, -0.1) is 0 Å². The van der Waals surface area contributed by atoms with Crippen molar-refractivity contribution in [2.24, 2.45) is 0 Å². The van der Waals surface area contributed by atoms with E-state index in [1.54, 1.807) is 24.4 Å². The second-order valence-corrected chi connectivity index (χ2v) is 8.04. The van der Waals surface area contributed by atoms with Crippen molar-refractivity contribution in [2.45, 2.75) is 18.9 Å². The van der Waals surface area contributed by atoms with Crippen molar-refractivity contribution in [3.8, 4) is 34.3 Å². The van der Waals surface area contributed by atoms with Crippen LogP contribution in [0.1, 0.15) is 24.0 Å². The zero-order valence-electron chi connectivity index (χ0n) is 18.3. The third-order valence-corrected chi connectivity index (χ3v) is 5.95. The first kappa shape index (κ1) is 21.8. The average Bonchev–Trinajstić information content (AvgIpc) is 3.49. The number of fused-ring (bicyclic) bond motifs is 1. The lowest BCUT2D eigenvalue weighted by Gasteiger charge is -2.19. The van der Waals surface area contributed by atoms with Gasteiger partial charge in [-0.05, 0) is 30.2 Å². The van der Waals surface area contributed by atoms with Gasteiger partial charge >= 0.3 is 0 Å². The minimum Gasteiger partial charge on any atom is -0.496 e. The largest absolute Gasteiger partial charge is 0.496 e. The molecular formula is C25H21FN4O4. The van der Waals surface area contributed by atoms with Crippen LogP contribution >= 0.6 is 0 Å². The molecule has 0 saturated carbocycles. The average molecular weight is 460 g/mol. The van der Waals surface area contributed by atoms with Crippen molar-refractivity contribution in [3.63, 3.8) is 0 Å². The number of methoxy groups -OCH3 is 1. The fourth-order valence-corrected chi connectivity index (χ4v) is 4.25. The predicted molar refractivity (Wildman–Crippen MR) is 123 cm³/mol. The number of nitriles is 1. The van der Waals surface area contributed by atoms with Crippen LogP contribution in [-0.4, -0.2) is 46.6 Å². The summed E-state index contributed by atoms with van der Waals surface area (Å²) in [7, 11) is 1.47. The number of hydrogen-bond acceptors (Lipinski definition) is 8. The van der Waals surface area contributed by atoms with E-state index < -0.39 is 12.5 Å². The van der Waals surface area contributed by atoms with Gasteiger partial charge in [0.25, 0.3) is 0 Å². The molecule has 1 aliphatic rings. The summed E-state index contributed by atoms with van der Waals surface area (Å²) in [5, 5.41) is 28.5. The van der Waals surface area contributed by atoms with Gasteiger partial charge in [0.1, 0.15) is 29.3 Å². The van der Waals surface area contributed by atoms with Crippen LogP contribution in [0, 0.1) is 11.3 Å². The Bertz CT molecular complexity index is 1410. The van der Waals surface area contributed by atoms with Crippen molar-refractivity contribution in [1.29, 1.82) is 5.26 Å². The van der Waals surface area contributed by atoms with E-state index >= 15 is 0 Å². The quantitative estimate of drug-likeness (QED) is 0.430. The standard InChI is InChI=1S/C25H21FN4O4/c1-33-22-10-20(25(31)32)29-12-18(22)23-9-19-24(34-23)17(4-6-28-19)14-2-3-21(15(8-14)11-27)30-7-5-16(26)13-30/h2-4,6,8-10,12,16,25,31-32H,5,7,13H2,1H3. The van der Waals surface area contributed by atoms with E-state index in [9.17, 15) is 19.9 Å². The van der Waals surface area contributed by atoms with Gasteiger partial charge in [-0.3, -0.25) is 9.97 Å². The van der Waals surface area contributed by atoms with Gasteiger partial charge in [-0.1, -0.05) is 6.07 Å². The molecule has 4 aromatic rings. The Hall–Kier alpha value is -4.00. The van der Waals surface area contributed by atoms with Gasteiger partial charge in [0.2, 0.25) is 0 Å². The lowest BCUT2D eigenvalue weighted by atomic mass is 10.0. The third kappa shape index (κ3) is 3.83. The topological polar surface area (TPSA) is 116 Å². The lowest BCUT2D eigenvalue weighted by molar-refractivity contribution is -0.0459. The Kier molecular flexibility index (Phi) is 5.61. The van der Waals surface area contributed by atoms with Gasteiger partial charge in [0, 0.05) is 43.2 Å². The fraction of sp³-hybridized carbons (Fsp3) is 0.240. The van der Waals surface area contributed by atoms with Crippen LogP contribution in [0.15, 0.2) is 53.2 Å². The number of pyridine rings is 2. The Morgan fingerprint density at radius 2 is 2.06 bits per heavy atom. The molecule has 4 heterocycles. The van der Waals surface area contributed by atoms with Gasteiger partial charge < -0.3 is 24.3 Å². The monoisotopic (exact) mass is 460 g/mol.